The maximum Gasteiger partial charge on any atom is 0.133 e. The molecule has 0 fully saturated rings. The first-order chi connectivity index (χ1) is 19.1. The number of nitrogen functional groups attached to an aromatic ring is 2. The van der Waals surface area contributed by atoms with Crippen molar-refractivity contribution in [3.63, 3.8) is 0 Å². The summed E-state index contributed by atoms with van der Waals surface area (Å²) in [5, 5.41) is 0. The van der Waals surface area contributed by atoms with Crippen LogP contribution in [0, 0.1) is 27.7 Å². The van der Waals surface area contributed by atoms with Gasteiger partial charge in [-0.3, -0.25) is 0 Å². The quantitative estimate of drug-likeness (QED) is 0.163. The Morgan fingerprint density at radius 3 is 1.18 bits per heavy atom. The molecule has 0 saturated carbocycles. The molecule has 0 radical (unpaired) electrons. The van der Waals surface area contributed by atoms with E-state index in [4.69, 9.17) is 20.9 Å². The van der Waals surface area contributed by atoms with Gasteiger partial charge in [-0.05, 0) is 122 Å². The van der Waals surface area contributed by atoms with Crippen LogP contribution in [0.25, 0.3) is 0 Å². The van der Waals surface area contributed by atoms with Crippen molar-refractivity contribution in [3.8, 4) is 23.0 Å². The lowest BCUT2D eigenvalue weighted by Gasteiger charge is -2.34. The molecule has 202 valence electrons. The highest BCUT2D eigenvalue weighted by molar-refractivity contribution is 5.58. The Hall–Kier alpha value is -4.70. The van der Waals surface area contributed by atoms with Gasteiger partial charge in [-0.1, -0.05) is 54.6 Å². The Morgan fingerprint density at radius 1 is 0.475 bits per heavy atom. The molecule has 5 aromatic carbocycles. The molecule has 4 nitrogen and oxygen atoms in total. The van der Waals surface area contributed by atoms with Crippen LogP contribution >= 0.6 is 0 Å². The lowest BCUT2D eigenvalue weighted by atomic mass is 9.70. The van der Waals surface area contributed by atoms with Crippen molar-refractivity contribution >= 4 is 11.4 Å². The molecule has 0 heterocycles. The van der Waals surface area contributed by atoms with Gasteiger partial charge in [0, 0.05) is 16.8 Å². The zero-order valence-electron chi connectivity index (χ0n) is 23.8. The first kappa shape index (κ1) is 26.9. The van der Waals surface area contributed by atoms with E-state index in [9.17, 15) is 0 Å². The van der Waals surface area contributed by atoms with Crippen LogP contribution in [-0.4, -0.2) is 0 Å². The van der Waals surface area contributed by atoms with Crippen molar-refractivity contribution in [1.82, 2.24) is 0 Å². The number of hydrogen-bond acceptors (Lipinski definition) is 4. The average molecular weight is 529 g/mol. The van der Waals surface area contributed by atoms with Crippen molar-refractivity contribution in [2.75, 3.05) is 11.5 Å². The van der Waals surface area contributed by atoms with E-state index in [1.165, 1.54) is 16.7 Å². The monoisotopic (exact) mass is 528 g/mol. The summed E-state index contributed by atoms with van der Waals surface area (Å²) in [6.07, 6.45) is 0. The van der Waals surface area contributed by atoms with Crippen molar-refractivity contribution < 1.29 is 9.47 Å². The fraction of sp³-hybridized carbons (Fsp3) is 0.167. The normalized spacial score (nSPS) is 11.3. The van der Waals surface area contributed by atoms with Crippen molar-refractivity contribution in [1.29, 1.82) is 0 Å². The lowest BCUT2D eigenvalue weighted by molar-refractivity contribution is 0.473. The topological polar surface area (TPSA) is 70.5 Å². The molecule has 0 bridgehead atoms. The number of benzene rings is 5. The molecule has 0 unspecified atom stereocenters. The fourth-order valence-corrected chi connectivity index (χ4v) is 5.38. The minimum atomic E-state index is -0.411. The molecule has 40 heavy (non-hydrogen) atoms. The summed E-state index contributed by atoms with van der Waals surface area (Å²) in [6, 6.07) is 34.7. The highest BCUT2D eigenvalue weighted by atomic mass is 16.5. The van der Waals surface area contributed by atoms with E-state index in [2.05, 4.69) is 89.2 Å². The number of nitrogens with two attached hydrogens (primary N) is 2. The molecule has 0 aromatic heterocycles. The molecule has 0 amide bonds. The van der Waals surface area contributed by atoms with Crippen LogP contribution in [0.2, 0.25) is 0 Å². The molecule has 0 aliphatic carbocycles. The molecule has 0 aliphatic rings. The van der Waals surface area contributed by atoms with Gasteiger partial charge >= 0.3 is 0 Å². The van der Waals surface area contributed by atoms with Crippen molar-refractivity contribution in [2.45, 2.75) is 40.0 Å². The minimum Gasteiger partial charge on any atom is -0.457 e. The van der Waals surface area contributed by atoms with Crippen LogP contribution in [0.5, 0.6) is 23.0 Å². The zero-order chi connectivity index (χ0) is 28.4. The molecule has 0 spiro atoms. The first-order valence-corrected chi connectivity index (χ1v) is 13.5. The van der Waals surface area contributed by atoms with Crippen LogP contribution in [-0.2, 0) is 5.41 Å². The summed E-state index contributed by atoms with van der Waals surface area (Å²) >= 11 is 0. The largest absolute Gasteiger partial charge is 0.457 e. The molecule has 0 aliphatic heterocycles. The summed E-state index contributed by atoms with van der Waals surface area (Å²) in [5.41, 5.74) is 20.7. The van der Waals surface area contributed by atoms with Crippen molar-refractivity contribution in [2.24, 2.45) is 0 Å². The zero-order valence-corrected chi connectivity index (χ0v) is 23.8. The molecule has 0 atom stereocenters. The predicted octanol–water partition coefficient (Wildman–Crippen LogP) is 9.02. The Labute approximate surface area is 237 Å². The summed E-state index contributed by atoms with van der Waals surface area (Å²) < 4.78 is 12.6. The fourth-order valence-electron chi connectivity index (χ4n) is 5.38. The van der Waals surface area contributed by atoms with E-state index < -0.39 is 5.41 Å². The van der Waals surface area contributed by atoms with Gasteiger partial charge in [0.1, 0.15) is 23.0 Å². The van der Waals surface area contributed by atoms with Gasteiger partial charge in [0.25, 0.3) is 0 Å². The van der Waals surface area contributed by atoms with E-state index in [1.807, 2.05) is 48.5 Å². The molecule has 4 heteroatoms. The highest BCUT2D eigenvalue weighted by Crippen LogP contribution is 2.44. The first-order valence-electron chi connectivity index (χ1n) is 13.5. The molecule has 5 rings (SSSR count). The number of ether oxygens (including phenoxy) is 2. The van der Waals surface area contributed by atoms with Gasteiger partial charge in [0.2, 0.25) is 0 Å². The smallest absolute Gasteiger partial charge is 0.133 e. The van der Waals surface area contributed by atoms with Crippen LogP contribution in [0.1, 0.15) is 45.9 Å². The van der Waals surface area contributed by atoms with E-state index in [-0.39, 0.29) is 0 Å². The third-order valence-electron chi connectivity index (χ3n) is 7.63. The summed E-state index contributed by atoms with van der Waals surface area (Å²) in [6.45, 7) is 10.7. The number of rotatable bonds is 7. The maximum atomic E-state index is 6.31. The van der Waals surface area contributed by atoms with Crippen LogP contribution in [0.3, 0.4) is 0 Å². The lowest BCUT2D eigenvalue weighted by Crippen LogP contribution is -2.26. The van der Waals surface area contributed by atoms with Crippen molar-refractivity contribution in [3.05, 3.63) is 142 Å². The van der Waals surface area contributed by atoms with E-state index >= 15 is 0 Å². The van der Waals surface area contributed by atoms with Gasteiger partial charge in [-0.25, -0.2) is 0 Å². The van der Waals surface area contributed by atoms with Gasteiger partial charge in [0.05, 0.1) is 0 Å². The average Bonchev–Trinajstić information content (AvgIpc) is 2.94. The minimum absolute atomic E-state index is 0.411. The SMILES string of the molecule is Cc1cc(C(C)(c2ccccc2)c2cc(C)c(Oc3ccc(N)cc3)c(C)c2)cc(C)c1Oc1ccc(N)cc1. The second-order valence-electron chi connectivity index (χ2n) is 10.7. The van der Waals surface area contributed by atoms with Gasteiger partial charge < -0.3 is 20.9 Å². The maximum absolute atomic E-state index is 6.31. The summed E-state index contributed by atoms with van der Waals surface area (Å²) in [5.74, 6) is 3.26. The molecule has 5 aromatic rings. The third kappa shape index (κ3) is 5.26. The standard InChI is InChI=1S/C36H36N2O2/c1-23-19-28(20-24(2)34(23)39-32-15-11-30(37)12-16-32)36(5,27-9-7-6-8-10-27)29-21-25(3)35(26(4)22-29)40-33-17-13-31(38)14-18-33/h6-22H,37-38H2,1-5H3. The van der Waals surface area contributed by atoms with Crippen LogP contribution in [0.15, 0.2) is 103 Å². The van der Waals surface area contributed by atoms with E-state index in [0.29, 0.717) is 11.4 Å². The third-order valence-corrected chi connectivity index (χ3v) is 7.63. The second-order valence-corrected chi connectivity index (χ2v) is 10.7. The van der Waals surface area contributed by atoms with E-state index in [0.717, 1.165) is 45.3 Å². The van der Waals surface area contributed by atoms with Gasteiger partial charge in [-0.2, -0.15) is 0 Å². The Morgan fingerprint density at radius 2 is 0.825 bits per heavy atom. The molecular weight excluding hydrogens is 492 g/mol. The molecule has 4 N–H and O–H groups in total. The highest BCUT2D eigenvalue weighted by Gasteiger charge is 2.33. The van der Waals surface area contributed by atoms with Gasteiger partial charge in [-0.15, -0.1) is 0 Å². The Kier molecular flexibility index (Phi) is 7.27. The number of hydrogen-bond donors (Lipinski definition) is 2. The Balaban J connectivity index is 1.59. The summed E-state index contributed by atoms with van der Waals surface area (Å²) in [7, 11) is 0. The summed E-state index contributed by atoms with van der Waals surface area (Å²) in [4.78, 5) is 0. The second kappa shape index (κ2) is 10.8. The van der Waals surface area contributed by atoms with Gasteiger partial charge in [0.15, 0.2) is 0 Å². The van der Waals surface area contributed by atoms with Crippen LogP contribution < -0.4 is 20.9 Å². The molecule has 0 saturated heterocycles. The Bertz CT molecular complexity index is 1490. The molecular formula is C36H36N2O2. The van der Waals surface area contributed by atoms with E-state index in [1.54, 1.807) is 0 Å². The van der Waals surface area contributed by atoms with Crippen LogP contribution in [0.4, 0.5) is 11.4 Å². The number of anilines is 2. The predicted molar refractivity (Wildman–Crippen MR) is 166 cm³/mol. The number of aryl methyl sites for hydroxylation is 4.